The van der Waals surface area contributed by atoms with Gasteiger partial charge in [-0.15, -0.1) is 0 Å². The first kappa shape index (κ1) is 24.7. The fourth-order valence-corrected chi connectivity index (χ4v) is 5.73. The molecule has 0 aromatic heterocycles. The number of aryl methyl sites for hydroxylation is 3. The first-order valence-corrected chi connectivity index (χ1v) is 13.3. The number of rotatable bonds is 7. The Balaban J connectivity index is 1.85. The van der Waals surface area contributed by atoms with E-state index in [9.17, 15) is 14.2 Å². The Labute approximate surface area is 218 Å². The van der Waals surface area contributed by atoms with E-state index in [1.165, 1.54) is 0 Å². The van der Waals surface area contributed by atoms with Gasteiger partial charge in [-0.1, -0.05) is 92.2 Å². The third kappa shape index (κ3) is 4.30. The Kier molecular flexibility index (Phi) is 6.82. The SMILES string of the molecule is CCCc1ccc(P=O)c(C(=O)c2c(C)ccc3ccccc23)c1C(=O)c1c(C)ccc2ccccc12. The summed E-state index contributed by atoms with van der Waals surface area (Å²) in [6.45, 7) is 5.87. The van der Waals surface area contributed by atoms with Crippen LogP contribution in [0.4, 0.5) is 0 Å². The van der Waals surface area contributed by atoms with Gasteiger partial charge < -0.3 is 0 Å². The van der Waals surface area contributed by atoms with Gasteiger partial charge in [0.2, 0.25) is 0 Å². The first-order chi connectivity index (χ1) is 18.0. The second-order valence-corrected chi connectivity index (χ2v) is 10.1. The van der Waals surface area contributed by atoms with Crippen LogP contribution in [0.15, 0.2) is 84.9 Å². The molecule has 0 N–H and O–H groups in total. The maximum atomic E-state index is 14.5. The van der Waals surface area contributed by atoms with Crippen molar-refractivity contribution in [3.63, 3.8) is 0 Å². The Bertz CT molecular complexity index is 1710. The minimum Gasteiger partial charge on any atom is -0.289 e. The molecule has 0 aliphatic carbocycles. The summed E-state index contributed by atoms with van der Waals surface area (Å²) in [7, 11) is -0.296. The Hall–Kier alpha value is -3.94. The van der Waals surface area contributed by atoms with Crippen LogP contribution in [0.25, 0.3) is 21.5 Å². The summed E-state index contributed by atoms with van der Waals surface area (Å²) in [5.41, 5.74) is 4.18. The monoisotopic (exact) mass is 502 g/mol. The number of carbonyl (C=O) groups is 2. The van der Waals surface area contributed by atoms with Crippen molar-refractivity contribution in [2.45, 2.75) is 33.6 Å². The maximum Gasteiger partial charge on any atom is 0.195 e. The molecule has 0 aliphatic heterocycles. The highest BCUT2D eigenvalue weighted by atomic mass is 31.1. The lowest BCUT2D eigenvalue weighted by Gasteiger charge is -2.18. The van der Waals surface area contributed by atoms with Gasteiger partial charge in [0.25, 0.3) is 0 Å². The van der Waals surface area contributed by atoms with E-state index >= 15 is 0 Å². The van der Waals surface area contributed by atoms with Crippen molar-refractivity contribution in [1.29, 1.82) is 0 Å². The van der Waals surface area contributed by atoms with Gasteiger partial charge in [-0.3, -0.25) is 14.2 Å². The van der Waals surface area contributed by atoms with Gasteiger partial charge in [0.1, 0.15) is 0 Å². The molecule has 0 atom stereocenters. The zero-order chi connectivity index (χ0) is 26.1. The van der Waals surface area contributed by atoms with Crippen LogP contribution in [0, 0.1) is 13.8 Å². The van der Waals surface area contributed by atoms with Crippen molar-refractivity contribution in [3.05, 3.63) is 124 Å². The van der Waals surface area contributed by atoms with Crippen LogP contribution in [0.1, 0.15) is 61.9 Å². The fraction of sp³-hybridized carbons (Fsp3) is 0.152. The van der Waals surface area contributed by atoms with E-state index in [1.54, 1.807) is 6.07 Å². The standard InChI is InChI=1S/C33H27O3P/c1-4-9-24-18-19-27(37-36)31(33(35)29-21(3)15-17-23-11-6-8-13-26(23)29)30(24)32(34)28-20(2)14-16-22-10-5-7-12-25(22)28/h5-8,10-19H,4,9H2,1-3H3. The van der Waals surface area contributed by atoms with E-state index in [-0.39, 0.29) is 25.6 Å². The summed E-state index contributed by atoms with van der Waals surface area (Å²) in [6.07, 6.45) is 1.44. The highest BCUT2D eigenvalue weighted by Gasteiger charge is 2.29. The zero-order valence-corrected chi connectivity index (χ0v) is 22.1. The molecule has 5 aromatic rings. The van der Waals surface area contributed by atoms with Gasteiger partial charge in [0.15, 0.2) is 20.0 Å². The average molecular weight is 503 g/mol. The van der Waals surface area contributed by atoms with Crippen molar-refractivity contribution in [1.82, 2.24) is 0 Å². The predicted molar refractivity (Wildman–Crippen MR) is 152 cm³/mol. The molecule has 5 aromatic carbocycles. The van der Waals surface area contributed by atoms with Gasteiger partial charge in [0, 0.05) is 22.3 Å². The van der Waals surface area contributed by atoms with Gasteiger partial charge in [0.05, 0.1) is 5.30 Å². The molecular formula is C33H27O3P. The topological polar surface area (TPSA) is 51.2 Å². The van der Waals surface area contributed by atoms with Crippen molar-refractivity contribution in [2.75, 3.05) is 0 Å². The lowest BCUT2D eigenvalue weighted by atomic mass is 9.84. The molecule has 3 nitrogen and oxygen atoms in total. The van der Waals surface area contributed by atoms with E-state index in [1.807, 2.05) is 99.6 Å². The third-order valence-electron chi connectivity index (χ3n) is 7.07. The normalized spacial score (nSPS) is 11.3. The van der Waals surface area contributed by atoms with Crippen LogP contribution >= 0.6 is 8.46 Å². The summed E-state index contributed by atoms with van der Waals surface area (Å²) in [5, 5.41) is 3.91. The van der Waals surface area contributed by atoms with Crippen LogP contribution < -0.4 is 5.30 Å². The minimum atomic E-state index is -0.296. The average Bonchev–Trinajstić information content (AvgIpc) is 2.92. The zero-order valence-electron chi connectivity index (χ0n) is 21.2. The summed E-state index contributed by atoms with van der Waals surface area (Å²) in [6, 6.07) is 27.0. The number of ketones is 2. The molecule has 0 bridgehead atoms. The number of carbonyl (C=O) groups excluding carboxylic acids is 2. The van der Waals surface area contributed by atoms with Crippen LogP contribution in [-0.4, -0.2) is 11.6 Å². The van der Waals surface area contributed by atoms with Crippen LogP contribution in [0.5, 0.6) is 0 Å². The number of hydrogen-bond donors (Lipinski definition) is 0. The molecule has 0 aliphatic rings. The van der Waals surface area contributed by atoms with E-state index in [2.05, 4.69) is 0 Å². The first-order valence-electron chi connectivity index (χ1n) is 12.5. The number of benzene rings is 5. The molecule has 0 unspecified atom stereocenters. The van der Waals surface area contributed by atoms with E-state index in [0.717, 1.165) is 44.7 Å². The van der Waals surface area contributed by atoms with E-state index in [0.29, 0.717) is 28.4 Å². The molecule has 0 fully saturated rings. The summed E-state index contributed by atoms with van der Waals surface area (Å²) < 4.78 is 12.4. The molecular weight excluding hydrogens is 475 g/mol. The van der Waals surface area contributed by atoms with Gasteiger partial charge in [-0.25, -0.2) is 0 Å². The molecule has 0 amide bonds. The van der Waals surface area contributed by atoms with E-state index < -0.39 is 0 Å². The number of hydrogen-bond acceptors (Lipinski definition) is 3. The minimum absolute atomic E-state index is 0.204. The third-order valence-corrected chi connectivity index (χ3v) is 7.64. The largest absolute Gasteiger partial charge is 0.289 e. The van der Waals surface area contributed by atoms with Crippen molar-refractivity contribution in [2.24, 2.45) is 0 Å². The van der Waals surface area contributed by atoms with Crippen LogP contribution in [0.3, 0.4) is 0 Å². The second kappa shape index (κ2) is 10.2. The Morgan fingerprint density at radius 1 is 0.622 bits per heavy atom. The molecule has 0 heterocycles. The Morgan fingerprint density at radius 3 is 1.65 bits per heavy atom. The van der Waals surface area contributed by atoms with Gasteiger partial charge in [-0.2, -0.15) is 0 Å². The maximum absolute atomic E-state index is 14.5. The number of fused-ring (bicyclic) bond motifs is 2. The molecule has 0 saturated heterocycles. The smallest absolute Gasteiger partial charge is 0.195 e. The highest BCUT2D eigenvalue weighted by Crippen LogP contribution is 2.32. The molecule has 37 heavy (non-hydrogen) atoms. The lowest BCUT2D eigenvalue weighted by Crippen LogP contribution is -2.22. The molecule has 0 saturated carbocycles. The van der Waals surface area contributed by atoms with Crippen molar-refractivity contribution in [3.8, 4) is 0 Å². The van der Waals surface area contributed by atoms with Crippen molar-refractivity contribution < 1.29 is 14.2 Å². The molecule has 0 spiro atoms. The molecule has 5 rings (SSSR count). The molecule has 182 valence electrons. The van der Waals surface area contributed by atoms with E-state index in [4.69, 9.17) is 0 Å². The summed E-state index contributed by atoms with van der Waals surface area (Å²) in [5.74, 6) is -0.476. The van der Waals surface area contributed by atoms with Crippen molar-refractivity contribution >= 4 is 46.9 Å². The van der Waals surface area contributed by atoms with Gasteiger partial charge in [-0.05, 0) is 64.6 Å². The molecule has 4 heteroatoms. The quantitative estimate of drug-likeness (QED) is 0.168. The lowest BCUT2D eigenvalue weighted by molar-refractivity contribution is 0.100. The predicted octanol–water partition coefficient (Wildman–Crippen LogP) is 7.94. The van der Waals surface area contributed by atoms with Crippen LogP contribution in [0.2, 0.25) is 0 Å². The van der Waals surface area contributed by atoms with Gasteiger partial charge >= 0.3 is 0 Å². The highest BCUT2D eigenvalue weighted by molar-refractivity contribution is 7.34. The fourth-order valence-electron chi connectivity index (χ4n) is 5.29. The summed E-state index contributed by atoms with van der Waals surface area (Å²) >= 11 is 0. The summed E-state index contributed by atoms with van der Waals surface area (Å²) in [4.78, 5) is 28.9. The Morgan fingerprint density at radius 2 is 1.14 bits per heavy atom. The molecule has 0 radical (unpaired) electrons. The second-order valence-electron chi connectivity index (χ2n) is 9.45. The van der Waals surface area contributed by atoms with Crippen LogP contribution in [-0.2, 0) is 11.0 Å².